The fraction of sp³-hybridized carbons (Fsp3) is 1.00. The highest BCUT2D eigenvalue weighted by Crippen LogP contribution is 2.46. The minimum Gasteiger partial charge on any atom is -0.381 e. The van der Waals surface area contributed by atoms with E-state index < -0.39 is 10.0 Å². The zero-order valence-electron chi connectivity index (χ0n) is 14.4. The molecule has 3 aliphatic rings. The quantitative estimate of drug-likeness (QED) is 0.801. The molecule has 2 N–H and O–H groups in total. The molecule has 1 heterocycles. The van der Waals surface area contributed by atoms with E-state index in [0.717, 1.165) is 39.0 Å². The van der Waals surface area contributed by atoms with Gasteiger partial charge in [0.2, 0.25) is 10.0 Å². The highest BCUT2D eigenvalue weighted by Gasteiger charge is 2.43. The van der Waals surface area contributed by atoms with Crippen LogP contribution in [-0.2, 0) is 14.8 Å². The second-order valence-corrected chi connectivity index (χ2v) is 9.65. The summed E-state index contributed by atoms with van der Waals surface area (Å²) in [5.74, 6) is 0.427. The van der Waals surface area contributed by atoms with Crippen molar-refractivity contribution in [3.8, 4) is 0 Å². The molecule has 23 heavy (non-hydrogen) atoms. The van der Waals surface area contributed by atoms with Crippen molar-refractivity contribution in [1.82, 2.24) is 10.0 Å². The summed E-state index contributed by atoms with van der Waals surface area (Å²) in [4.78, 5) is 0. The molecule has 0 amide bonds. The lowest BCUT2D eigenvalue weighted by Crippen LogP contribution is -2.50. The maximum Gasteiger partial charge on any atom is 0.208 e. The molecular weight excluding hydrogens is 312 g/mol. The number of rotatable bonds is 5. The molecule has 0 aromatic heterocycles. The van der Waals surface area contributed by atoms with Crippen LogP contribution in [0.1, 0.15) is 57.8 Å². The number of sulfonamides is 1. The molecule has 0 bridgehead atoms. The highest BCUT2D eigenvalue weighted by atomic mass is 32.2. The first-order chi connectivity index (χ1) is 11.0. The largest absolute Gasteiger partial charge is 0.381 e. The normalized spacial score (nSPS) is 34.7. The van der Waals surface area contributed by atoms with Gasteiger partial charge in [-0.3, -0.25) is 0 Å². The third-order valence-electron chi connectivity index (χ3n) is 6.30. The predicted molar refractivity (Wildman–Crippen MR) is 91.9 cm³/mol. The summed E-state index contributed by atoms with van der Waals surface area (Å²) in [6, 6.07) is 0.700. The fourth-order valence-corrected chi connectivity index (χ4v) is 5.87. The Morgan fingerprint density at radius 1 is 1.04 bits per heavy atom. The van der Waals surface area contributed by atoms with Gasteiger partial charge in [0.1, 0.15) is 0 Å². The van der Waals surface area contributed by atoms with Crippen LogP contribution in [0.25, 0.3) is 0 Å². The summed E-state index contributed by atoms with van der Waals surface area (Å²) in [6.45, 7) is 2.75. The van der Waals surface area contributed by atoms with Gasteiger partial charge in [0.05, 0.1) is 6.26 Å². The van der Waals surface area contributed by atoms with Gasteiger partial charge in [-0.1, -0.05) is 19.3 Å². The zero-order chi connectivity index (χ0) is 16.3. The minimum absolute atomic E-state index is 0.110. The average molecular weight is 345 g/mol. The molecule has 3 rings (SSSR count). The number of hydrogen-bond acceptors (Lipinski definition) is 4. The lowest BCUT2D eigenvalue weighted by atomic mass is 9.75. The van der Waals surface area contributed by atoms with Crippen LogP contribution in [0.2, 0.25) is 0 Å². The summed E-state index contributed by atoms with van der Waals surface area (Å²) >= 11 is 0. The van der Waals surface area contributed by atoms with Crippen molar-refractivity contribution in [1.29, 1.82) is 0 Å². The first-order valence-electron chi connectivity index (χ1n) is 9.27. The third kappa shape index (κ3) is 4.47. The lowest BCUT2D eigenvalue weighted by molar-refractivity contribution is 0.00341. The van der Waals surface area contributed by atoms with E-state index >= 15 is 0 Å². The SMILES string of the molecule is CS(=O)(=O)N[C@@H]1CCCC[C@@H]1CN[C@H]1CCCC12CCOCC2. The Labute approximate surface area is 141 Å². The van der Waals surface area contributed by atoms with Crippen molar-refractivity contribution in [2.24, 2.45) is 11.3 Å². The second-order valence-electron chi connectivity index (χ2n) is 7.87. The van der Waals surface area contributed by atoms with Gasteiger partial charge in [-0.05, 0) is 56.4 Å². The number of ether oxygens (including phenoxy) is 1. The van der Waals surface area contributed by atoms with Crippen molar-refractivity contribution in [3.05, 3.63) is 0 Å². The summed E-state index contributed by atoms with van der Waals surface area (Å²) in [7, 11) is -3.12. The van der Waals surface area contributed by atoms with Gasteiger partial charge in [-0.25, -0.2) is 13.1 Å². The molecule has 0 aromatic rings. The van der Waals surface area contributed by atoms with E-state index in [9.17, 15) is 8.42 Å². The second kappa shape index (κ2) is 7.38. The summed E-state index contributed by atoms with van der Waals surface area (Å²) in [5.41, 5.74) is 0.437. The van der Waals surface area contributed by atoms with Crippen molar-refractivity contribution in [3.63, 3.8) is 0 Å². The van der Waals surface area contributed by atoms with E-state index in [0.29, 0.717) is 17.4 Å². The van der Waals surface area contributed by atoms with E-state index in [1.807, 2.05) is 0 Å². The van der Waals surface area contributed by atoms with E-state index in [2.05, 4.69) is 10.0 Å². The van der Waals surface area contributed by atoms with Gasteiger partial charge >= 0.3 is 0 Å². The Bertz CT molecular complexity index is 488. The molecule has 2 saturated carbocycles. The zero-order valence-corrected chi connectivity index (χ0v) is 15.2. The highest BCUT2D eigenvalue weighted by molar-refractivity contribution is 7.88. The van der Waals surface area contributed by atoms with Crippen LogP contribution in [-0.4, -0.2) is 46.5 Å². The topological polar surface area (TPSA) is 67.4 Å². The molecule has 1 aliphatic heterocycles. The molecule has 5 nitrogen and oxygen atoms in total. The van der Waals surface area contributed by atoms with E-state index in [4.69, 9.17) is 4.74 Å². The van der Waals surface area contributed by atoms with Crippen LogP contribution in [0.4, 0.5) is 0 Å². The Balaban J connectivity index is 1.57. The van der Waals surface area contributed by atoms with E-state index in [1.54, 1.807) is 0 Å². The number of nitrogens with one attached hydrogen (secondary N) is 2. The third-order valence-corrected chi connectivity index (χ3v) is 7.03. The maximum absolute atomic E-state index is 11.6. The Hall–Kier alpha value is -0.170. The molecule has 0 aromatic carbocycles. The molecule has 3 fully saturated rings. The van der Waals surface area contributed by atoms with Gasteiger partial charge in [0.15, 0.2) is 0 Å². The van der Waals surface area contributed by atoms with E-state index in [-0.39, 0.29) is 6.04 Å². The Morgan fingerprint density at radius 2 is 1.78 bits per heavy atom. The van der Waals surface area contributed by atoms with Gasteiger partial charge in [-0.2, -0.15) is 0 Å². The monoisotopic (exact) mass is 344 g/mol. The summed E-state index contributed by atoms with van der Waals surface area (Å²) < 4.78 is 31.6. The molecule has 1 saturated heterocycles. The van der Waals surface area contributed by atoms with Crippen molar-refractivity contribution in [2.75, 3.05) is 26.0 Å². The first kappa shape index (κ1) is 17.6. The molecule has 3 atom stereocenters. The molecule has 6 heteroatoms. The van der Waals surface area contributed by atoms with Gasteiger partial charge in [0, 0.05) is 25.3 Å². The lowest BCUT2D eigenvalue weighted by Gasteiger charge is -2.41. The number of hydrogen-bond donors (Lipinski definition) is 2. The van der Waals surface area contributed by atoms with Crippen LogP contribution in [0.3, 0.4) is 0 Å². The molecule has 1 spiro atoms. The van der Waals surface area contributed by atoms with Crippen LogP contribution in [0, 0.1) is 11.3 Å². The summed E-state index contributed by atoms with van der Waals surface area (Å²) in [6.07, 6.45) is 12.0. The smallest absolute Gasteiger partial charge is 0.208 e. The molecule has 2 aliphatic carbocycles. The standard InChI is InChI=1S/C17H32N2O3S/c1-23(20,21)19-15-6-3-2-5-14(15)13-18-16-7-4-8-17(16)9-11-22-12-10-17/h14-16,18-19H,2-13H2,1H3/t14-,15-,16+/m1/s1. The van der Waals surface area contributed by atoms with Gasteiger partial charge in [-0.15, -0.1) is 0 Å². The van der Waals surface area contributed by atoms with Crippen molar-refractivity contribution < 1.29 is 13.2 Å². The Morgan fingerprint density at radius 3 is 2.52 bits per heavy atom. The van der Waals surface area contributed by atoms with Crippen molar-refractivity contribution >= 4 is 10.0 Å². The van der Waals surface area contributed by atoms with E-state index in [1.165, 1.54) is 44.8 Å². The van der Waals surface area contributed by atoms with Crippen LogP contribution in [0.15, 0.2) is 0 Å². The molecule has 0 unspecified atom stereocenters. The van der Waals surface area contributed by atoms with Crippen LogP contribution < -0.4 is 10.0 Å². The molecule has 0 radical (unpaired) electrons. The Kier molecular flexibility index (Phi) is 5.66. The van der Waals surface area contributed by atoms with Crippen molar-refractivity contribution in [2.45, 2.75) is 69.9 Å². The molecular formula is C17H32N2O3S. The van der Waals surface area contributed by atoms with Gasteiger partial charge < -0.3 is 10.1 Å². The first-order valence-corrected chi connectivity index (χ1v) is 11.2. The minimum atomic E-state index is -3.12. The average Bonchev–Trinajstić information content (AvgIpc) is 2.88. The fourth-order valence-electron chi connectivity index (χ4n) is 5.01. The summed E-state index contributed by atoms with van der Waals surface area (Å²) in [5, 5.41) is 3.84. The molecule has 134 valence electrons. The predicted octanol–water partition coefficient (Wildman–Crippen LogP) is 2.03. The van der Waals surface area contributed by atoms with Crippen LogP contribution in [0.5, 0.6) is 0 Å². The van der Waals surface area contributed by atoms with Crippen LogP contribution >= 0.6 is 0 Å². The maximum atomic E-state index is 11.6. The van der Waals surface area contributed by atoms with Gasteiger partial charge in [0.25, 0.3) is 0 Å².